The van der Waals surface area contributed by atoms with Gasteiger partial charge < -0.3 is 4.98 Å². The van der Waals surface area contributed by atoms with Gasteiger partial charge in [0.1, 0.15) is 5.52 Å². The molecule has 1 aliphatic heterocycles. The van der Waals surface area contributed by atoms with Crippen molar-refractivity contribution in [1.29, 1.82) is 0 Å². The minimum atomic E-state index is 0.646. The van der Waals surface area contributed by atoms with Gasteiger partial charge in [0.2, 0.25) is 0 Å². The number of likely N-dealkylation sites (tertiary alicyclic amines) is 1. The molecular formula is C29H28N8. The zero-order chi connectivity index (χ0) is 25.2. The Balaban J connectivity index is 1.38. The molecule has 2 N–H and O–H groups in total. The number of allylic oxidation sites excluding steroid dienone is 3. The Morgan fingerprint density at radius 3 is 2.62 bits per heavy atom. The normalized spacial score (nSPS) is 15.2. The summed E-state index contributed by atoms with van der Waals surface area (Å²) in [4.78, 5) is 24.3. The Bertz CT molecular complexity index is 1630. The number of nitrogens with one attached hydrogen (secondary N) is 2. The molecule has 0 radical (unpaired) electrons. The van der Waals surface area contributed by atoms with Crippen LogP contribution in [-0.2, 0) is 0 Å². The summed E-state index contributed by atoms with van der Waals surface area (Å²) in [6.45, 7) is 9.29. The Kier molecular flexibility index (Phi) is 6.16. The maximum absolute atomic E-state index is 5.01. The van der Waals surface area contributed by atoms with Crippen molar-refractivity contribution >= 4 is 27.6 Å². The molecule has 0 spiro atoms. The molecule has 0 bridgehead atoms. The topological polar surface area (TPSA) is 99.3 Å². The third-order valence-corrected chi connectivity index (χ3v) is 6.83. The van der Waals surface area contributed by atoms with E-state index in [1.165, 1.54) is 18.4 Å². The molecule has 6 rings (SSSR count). The third kappa shape index (κ3) is 4.47. The first-order valence-corrected chi connectivity index (χ1v) is 12.5. The monoisotopic (exact) mass is 488 g/mol. The van der Waals surface area contributed by atoms with Gasteiger partial charge in [-0.15, -0.1) is 0 Å². The van der Waals surface area contributed by atoms with Gasteiger partial charge in [0, 0.05) is 30.7 Å². The molecule has 5 aromatic heterocycles. The van der Waals surface area contributed by atoms with E-state index < -0.39 is 0 Å². The van der Waals surface area contributed by atoms with Crippen LogP contribution < -0.4 is 0 Å². The van der Waals surface area contributed by atoms with Gasteiger partial charge in [-0.05, 0) is 79.9 Å². The lowest BCUT2D eigenvalue weighted by Crippen LogP contribution is -2.21. The van der Waals surface area contributed by atoms with Crippen LogP contribution >= 0.6 is 0 Å². The second-order valence-corrected chi connectivity index (χ2v) is 9.22. The molecule has 1 fully saturated rings. The van der Waals surface area contributed by atoms with Gasteiger partial charge >= 0.3 is 0 Å². The highest BCUT2D eigenvalue weighted by molar-refractivity contribution is 5.95. The van der Waals surface area contributed by atoms with Crippen LogP contribution in [0.15, 0.2) is 79.4 Å². The molecule has 0 atom stereocenters. The molecule has 0 unspecified atom stereocenters. The van der Waals surface area contributed by atoms with Crippen LogP contribution in [0.1, 0.15) is 25.5 Å². The number of rotatable bonds is 7. The Hall–Kier alpha value is -4.43. The van der Waals surface area contributed by atoms with E-state index in [-0.39, 0.29) is 0 Å². The summed E-state index contributed by atoms with van der Waals surface area (Å²) in [5, 5.41) is 7.67. The summed E-state index contributed by atoms with van der Waals surface area (Å²) >= 11 is 0. The van der Waals surface area contributed by atoms with Crippen LogP contribution in [0.5, 0.6) is 0 Å². The summed E-state index contributed by atoms with van der Waals surface area (Å²) < 4.78 is 0. The van der Waals surface area contributed by atoms with Crippen molar-refractivity contribution in [2.75, 3.05) is 19.6 Å². The average Bonchev–Trinajstić information content (AvgIpc) is 3.70. The molecule has 184 valence electrons. The number of hydrogen-bond donors (Lipinski definition) is 2. The van der Waals surface area contributed by atoms with E-state index in [9.17, 15) is 0 Å². The number of aromatic amines is 2. The zero-order valence-electron chi connectivity index (χ0n) is 20.8. The van der Waals surface area contributed by atoms with E-state index in [1.54, 1.807) is 18.6 Å². The lowest BCUT2D eigenvalue weighted by atomic mass is 10.1. The molecule has 0 aromatic carbocycles. The van der Waals surface area contributed by atoms with Crippen molar-refractivity contribution in [2.45, 2.75) is 19.8 Å². The van der Waals surface area contributed by atoms with E-state index in [4.69, 9.17) is 9.97 Å². The number of nitrogens with zero attached hydrogens (tertiary/aromatic N) is 6. The van der Waals surface area contributed by atoms with Crippen molar-refractivity contribution in [3.8, 4) is 22.6 Å². The summed E-state index contributed by atoms with van der Waals surface area (Å²) in [5.41, 5.74) is 9.04. The number of hydrogen-bond acceptors (Lipinski definition) is 6. The lowest BCUT2D eigenvalue weighted by molar-refractivity contribution is 0.371. The standard InChI is InChI=1S/C29H28N8/c1-3-19(18-37-13-5-6-14-37)15-20(4-2)23-7-8-24-27(32-23)28(36-35-24)29-33-25-17-31-16-22(26(25)34-29)21-9-11-30-12-10-21/h3-4,7-12,15-17H,1,5-6,13-14,18H2,2H3,(H,33,34)(H,35,36)/b19-15+,20-4+. The smallest absolute Gasteiger partial charge is 0.161 e. The van der Waals surface area contributed by atoms with Crippen LogP contribution in [0.25, 0.3) is 50.3 Å². The van der Waals surface area contributed by atoms with Gasteiger partial charge in [-0.3, -0.25) is 20.0 Å². The Morgan fingerprint density at radius 2 is 1.84 bits per heavy atom. The molecule has 0 aliphatic carbocycles. The van der Waals surface area contributed by atoms with Crippen molar-refractivity contribution in [2.24, 2.45) is 0 Å². The van der Waals surface area contributed by atoms with Crippen molar-refractivity contribution in [3.63, 3.8) is 0 Å². The maximum Gasteiger partial charge on any atom is 0.161 e. The van der Waals surface area contributed by atoms with E-state index in [1.807, 2.05) is 43.5 Å². The predicted molar refractivity (Wildman–Crippen MR) is 148 cm³/mol. The van der Waals surface area contributed by atoms with Gasteiger partial charge in [0.05, 0.1) is 28.4 Å². The van der Waals surface area contributed by atoms with E-state index >= 15 is 0 Å². The van der Waals surface area contributed by atoms with Gasteiger partial charge in [0.15, 0.2) is 11.5 Å². The van der Waals surface area contributed by atoms with E-state index in [2.05, 4.69) is 48.8 Å². The van der Waals surface area contributed by atoms with Crippen molar-refractivity contribution < 1.29 is 0 Å². The minimum Gasteiger partial charge on any atom is -0.335 e. The summed E-state index contributed by atoms with van der Waals surface area (Å²) in [7, 11) is 0. The molecule has 5 aromatic rings. The molecule has 6 heterocycles. The predicted octanol–water partition coefficient (Wildman–Crippen LogP) is 5.57. The highest BCUT2D eigenvalue weighted by atomic mass is 15.2. The van der Waals surface area contributed by atoms with Crippen molar-refractivity contribution in [1.82, 2.24) is 40.0 Å². The van der Waals surface area contributed by atoms with Crippen LogP contribution in [0.3, 0.4) is 0 Å². The summed E-state index contributed by atoms with van der Waals surface area (Å²) in [6.07, 6.45) is 15.9. The summed E-state index contributed by atoms with van der Waals surface area (Å²) in [6, 6.07) is 7.95. The first-order valence-electron chi connectivity index (χ1n) is 12.5. The third-order valence-electron chi connectivity index (χ3n) is 6.83. The second kappa shape index (κ2) is 9.91. The van der Waals surface area contributed by atoms with Crippen molar-refractivity contribution in [3.05, 3.63) is 85.1 Å². The van der Waals surface area contributed by atoms with E-state index in [0.717, 1.165) is 64.1 Å². The Morgan fingerprint density at radius 1 is 1.00 bits per heavy atom. The second-order valence-electron chi connectivity index (χ2n) is 9.22. The first kappa shape index (κ1) is 23.0. The quantitative estimate of drug-likeness (QED) is 0.291. The van der Waals surface area contributed by atoms with Gasteiger partial charge in [-0.25, -0.2) is 9.97 Å². The number of imidazole rings is 1. The lowest BCUT2D eigenvalue weighted by Gasteiger charge is -2.15. The van der Waals surface area contributed by atoms with Crippen LogP contribution in [0, 0.1) is 0 Å². The van der Waals surface area contributed by atoms with E-state index in [0.29, 0.717) is 11.5 Å². The van der Waals surface area contributed by atoms with Crippen LogP contribution in [0.2, 0.25) is 0 Å². The minimum absolute atomic E-state index is 0.646. The number of aromatic nitrogens is 7. The van der Waals surface area contributed by atoms with Crippen LogP contribution in [-0.4, -0.2) is 59.7 Å². The van der Waals surface area contributed by atoms with Gasteiger partial charge in [-0.2, -0.15) is 5.10 Å². The fourth-order valence-corrected chi connectivity index (χ4v) is 4.89. The zero-order valence-corrected chi connectivity index (χ0v) is 20.8. The SMILES string of the molecule is C=C/C(=C\C(=C/C)c1ccc2[nH]nc(-c3nc4c(-c5ccncc5)cncc4[nH]3)c2n1)CN1CCCC1. The molecular weight excluding hydrogens is 460 g/mol. The molecule has 0 saturated carbocycles. The number of fused-ring (bicyclic) bond motifs is 2. The molecule has 8 heteroatoms. The largest absolute Gasteiger partial charge is 0.335 e. The highest BCUT2D eigenvalue weighted by Crippen LogP contribution is 2.31. The average molecular weight is 489 g/mol. The molecule has 8 nitrogen and oxygen atoms in total. The maximum atomic E-state index is 5.01. The fourth-order valence-electron chi connectivity index (χ4n) is 4.89. The first-order chi connectivity index (χ1) is 18.2. The van der Waals surface area contributed by atoms with Gasteiger partial charge in [0.25, 0.3) is 0 Å². The summed E-state index contributed by atoms with van der Waals surface area (Å²) in [5.74, 6) is 0.646. The van der Waals surface area contributed by atoms with Crippen LogP contribution in [0.4, 0.5) is 0 Å². The molecule has 1 aliphatic rings. The highest BCUT2D eigenvalue weighted by Gasteiger charge is 2.18. The number of pyridine rings is 3. The molecule has 1 saturated heterocycles. The fraction of sp³-hybridized carbons (Fsp3) is 0.207. The number of H-pyrrole nitrogens is 2. The molecule has 37 heavy (non-hydrogen) atoms. The molecule has 0 amide bonds. The van der Waals surface area contributed by atoms with Gasteiger partial charge in [-0.1, -0.05) is 18.7 Å². The Labute approximate surface area is 214 Å².